The molecule has 0 atom stereocenters. The van der Waals surface area contributed by atoms with E-state index in [1.165, 1.54) is 41.4 Å². The fraction of sp³-hybridized carbons (Fsp3) is 0.750. The van der Waals surface area contributed by atoms with Gasteiger partial charge in [-0.1, -0.05) is 33.1 Å². The van der Waals surface area contributed by atoms with Crippen LogP contribution in [0.2, 0.25) is 0 Å². The predicted octanol–water partition coefficient (Wildman–Crippen LogP) is 4.76. The molecular weight excluding hydrogens is 361 g/mol. The summed E-state index contributed by atoms with van der Waals surface area (Å²) in [6.45, 7) is 7.55. The van der Waals surface area contributed by atoms with Crippen LogP contribution < -0.4 is 5.32 Å². The van der Waals surface area contributed by atoms with Gasteiger partial charge in [-0.05, 0) is 54.7 Å². The first-order chi connectivity index (χ1) is 9.61. The first kappa shape index (κ1) is 16.0. The molecule has 1 N–H and O–H groups in total. The fourth-order valence-corrected chi connectivity index (χ4v) is 3.51. The number of hydrogen-bond acceptors (Lipinski definition) is 3. The number of halogens is 1. The summed E-state index contributed by atoms with van der Waals surface area (Å²) in [5.74, 6) is 3.33. The van der Waals surface area contributed by atoms with Crippen molar-refractivity contribution in [3.8, 4) is 0 Å². The van der Waals surface area contributed by atoms with Gasteiger partial charge in [0.2, 0.25) is 0 Å². The molecule has 0 spiro atoms. The highest BCUT2D eigenvalue weighted by Crippen LogP contribution is 2.33. The van der Waals surface area contributed by atoms with E-state index in [1.807, 2.05) is 0 Å². The van der Waals surface area contributed by atoms with Crippen LogP contribution in [0.25, 0.3) is 0 Å². The highest BCUT2D eigenvalue weighted by Gasteiger charge is 2.21. The molecule has 0 amide bonds. The van der Waals surface area contributed by atoms with E-state index in [0.717, 1.165) is 24.6 Å². The summed E-state index contributed by atoms with van der Waals surface area (Å²) in [4.78, 5) is 9.74. The molecule has 0 radical (unpaired) electrons. The molecule has 1 aromatic rings. The van der Waals surface area contributed by atoms with Crippen molar-refractivity contribution in [2.24, 2.45) is 5.92 Å². The van der Waals surface area contributed by atoms with Crippen molar-refractivity contribution >= 4 is 28.4 Å². The Hall–Kier alpha value is -0.390. The number of aromatic nitrogens is 2. The Bertz CT molecular complexity index is 440. The summed E-state index contributed by atoms with van der Waals surface area (Å²) in [7, 11) is 0. The zero-order valence-electron chi connectivity index (χ0n) is 12.9. The maximum atomic E-state index is 4.92. The highest BCUT2D eigenvalue weighted by molar-refractivity contribution is 14.1. The average molecular weight is 387 g/mol. The average Bonchev–Trinajstić information content (AvgIpc) is 2.44. The van der Waals surface area contributed by atoms with Crippen molar-refractivity contribution in [1.29, 1.82) is 0 Å². The quantitative estimate of drug-likeness (QED) is 0.741. The number of hydrogen-bond donors (Lipinski definition) is 1. The smallest absolute Gasteiger partial charge is 0.143 e. The fourth-order valence-electron chi connectivity index (χ4n) is 2.86. The normalized spacial score (nSPS) is 16.6. The van der Waals surface area contributed by atoms with Gasteiger partial charge in [-0.25, -0.2) is 9.97 Å². The molecule has 1 fully saturated rings. The van der Waals surface area contributed by atoms with Gasteiger partial charge in [0.15, 0.2) is 0 Å². The Morgan fingerprint density at radius 2 is 1.90 bits per heavy atom. The van der Waals surface area contributed by atoms with Crippen LogP contribution in [0.3, 0.4) is 0 Å². The Labute approximate surface area is 136 Å². The first-order valence-electron chi connectivity index (χ1n) is 7.92. The number of rotatable bonds is 5. The minimum Gasteiger partial charge on any atom is -0.369 e. The second kappa shape index (κ2) is 7.57. The van der Waals surface area contributed by atoms with Crippen LogP contribution >= 0.6 is 22.6 Å². The number of nitrogens with zero attached hydrogens (tertiary/aromatic N) is 2. The molecule has 4 heteroatoms. The molecule has 1 heterocycles. The van der Waals surface area contributed by atoms with Crippen molar-refractivity contribution in [3.05, 3.63) is 15.1 Å². The predicted molar refractivity (Wildman–Crippen MR) is 93.3 cm³/mol. The molecular formula is C16H26IN3. The van der Waals surface area contributed by atoms with E-state index in [-0.39, 0.29) is 0 Å². The van der Waals surface area contributed by atoms with E-state index in [4.69, 9.17) is 9.97 Å². The van der Waals surface area contributed by atoms with Crippen molar-refractivity contribution in [2.75, 3.05) is 11.9 Å². The zero-order chi connectivity index (χ0) is 14.5. The molecule has 0 bridgehead atoms. The van der Waals surface area contributed by atoms with Gasteiger partial charge in [-0.15, -0.1) is 0 Å². The molecule has 1 aromatic heterocycles. The molecule has 3 nitrogen and oxygen atoms in total. The van der Waals surface area contributed by atoms with E-state index in [1.54, 1.807) is 0 Å². The summed E-state index contributed by atoms with van der Waals surface area (Å²) < 4.78 is 1.21. The van der Waals surface area contributed by atoms with E-state index < -0.39 is 0 Å². The van der Waals surface area contributed by atoms with E-state index in [2.05, 4.69) is 48.7 Å². The van der Waals surface area contributed by atoms with Crippen molar-refractivity contribution in [3.63, 3.8) is 0 Å². The van der Waals surface area contributed by atoms with Crippen LogP contribution in [-0.4, -0.2) is 16.5 Å². The second-order valence-corrected chi connectivity index (χ2v) is 7.23. The maximum Gasteiger partial charge on any atom is 0.143 e. The number of nitrogens with one attached hydrogen (secondary N) is 1. The first-order valence-corrected chi connectivity index (χ1v) is 8.99. The van der Waals surface area contributed by atoms with E-state index in [9.17, 15) is 0 Å². The van der Waals surface area contributed by atoms with Crippen molar-refractivity contribution < 1.29 is 0 Å². The molecule has 112 valence electrons. The Morgan fingerprint density at radius 1 is 1.20 bits per heavy atom. The second-order valence-electron chi connectivity index (χ2n) is 6.15. The summed E-state index contributed by atoms with van der Waals surface area (Å²) in [6.07, 6.45) is 7.59. The maximum absolute atomic E-state index is 4.92. The molecule has 0 aliphatic heterocycles. The van der Waals surface area contributed by atoms with Gasteiger partial charge in [0, 0.05) is 12.5 Å². The topological polar surface area (TPSA) is 37.8 Å². The van der Waals surface area contributed by atoms with Crippen LogP contribution in [0.15, 0.2) is 0 Å². The Kier molecular flexibility index (Phi) is 6.05. The van der Waals surface area contributed by atoms with Crippen LogP contribution in [0.1, 0.15) is 70.3 Å². The van der Waals surface area contributed by atoms with Gasteiger partial charge in [0.05, 0.1) is 9.26 Å². The van der Waals surface area contributed by atoms with Crippen LogP contribution in [0.4, 0.5) is 5.82 Å². The number of anilines is 1. The summed E-state index contributed by atoms with van der Waals surface area (Å²) in [6, 6.07) is 0. The van der Waals surface area contributed by atoms with Gasteiger partial charge in [0.1, 0.15) is 11.6 Å². The lowest BCUT2D eigenvalue weighted by Gasteiger charge is -2.22. The van der Waals surface area contributed by atoms with Crippen LogP contribution in [0.5, 0.6) is 0 Å². The minimum absolute atomic E-state index is 0.573. The molecule has 0 unspecified atom stereocenters. The zero-order valence-corrected chi connectivity index (χ0v) is 15.0. The lowest BCUT2D eigenvalue weighted by atomic mass is 9.88. The molecule has 0 aromatic carbocycles. The minimum atomic E-state index is 0.573. The van der Waals surface area contributed by atoms with Crippen LogP contribution in [0, 0.1) is 9.49 Å². The lowest BCUT2D eigenvalue weighted by molar-refractivity contribution is 0.427. The molecule has 1 aliphatic rings. The van der Waals surface area contributed by atoms with Gasteiger partial charge in [-0.2, -0.15) is 0 Å². The lowest BCUT2D eigenvalue weighted by Crippen LogP contribution is -2.15. The molecule has 1 saturated carbocycles. The molecule has 0 saturated heterocycles. The van der Waals surface area contributed by atoms with Crippen molar-refractivity contribution in [1.82, 2.24) is 9.97 Å². The van der Waals surface area contributed by atoms with E-state index >= 15 is 0 Å². The monoisotopic (exact) mass is 387 g/mol. The Balaban J connectivity index is 2.32. The van der Waals surface area contributed by atoms with Gasteiger partial charge < -0.3 is 5.32 Å². The molecule has 20 heavy (non-hydrogen) atoms. The SMILES string of the molecule is CCNc1nc(C2CCCCC2)nc(CC(C)C)c1I. The van der Waals surface area contributed by atoms with Crippen molar-refractivity contribution in [2.45, 2.75) is 65.2 Å². The van der Waals surface area contributed by atoms with Crippen LogP contribution in [-0.2, 0) is 6.42 Å². The molecule has 2 rings (SSSR count). The van der Waals surface area contributed by atoms with Gasteiger partial charge >= 0.3 is 0 Å². The third-order valence-electron chi connectivity index (χ3n) is 3.85. The third kappa shape index (κ3) is 4.06. The highest BCUT2D eigenvalue weighted by atomic mass is 127. The standard InChI is InChI=1S/C16H26IN3/c1-4-18-16-14(17)13(10-11(2)3)19-15(20-16)12-8-6-5-7-9-12/h11-12H,4-10H2,1-3H3,(H,18,19,20). The molecule has 1 aliphatic carbocycles. The Morgan fingerprint density at radius 3 is 2.50 bits per heavy atom. The van der Waals surface area contributed by atoms with Gasteiger partial charge in [-0.3, -0.25) is 0 Å². The summed E-state index contributed by atoms with van der Waals surface area (Å²) in [5, 5.41) is 3.41. The third-order valence-corrected chi connectivity index (χ3v) is 4.99. The summed E-state index contributed by atoms with van der Waals surface area (Å²) >= 11 is 2.40. The summed E-state index contributed by atoms with van der Waals surface area (Å²) in [5.41, 5.74) is 1.23. The van der Waals surface area contributed by atoms with E-state index in [0.29, 0.717) is 11.8 Å². The largest absolute Gasteiger partial charge is 0.369 e. The van der Waals surface area contributed by atoms with Gasteiger partial charge in [0.25, 0.3) is 0 Å².